The number of nitrogens with one attached hydrogen (secondary N) is 1. The minimum atomic E-state index is -0.0359. The van der Waals surface area contributed by atoms with Crippen LogP contribution in [-0.4, -0.2) is 24.4 Å². The Hall–Kier alpha value is -1.84. The van der Waals surface area contributed by atoms with Crippen LogP contribution in [0.25, 0.3) is 0 Å². The van der Waals surface area contributed by atoms with Gasteiger partial charge in [0.2, 0.25) is 5.91 Å². The summed E-state index contributed by atoms with van der Waals surface area (Å²) in [7, 11) is 0. The Labute approximate surface area is 112 Å². The van der Waals surface area contributed by atoms with Crippen LogP contribution in [0.3, 0.4) is 0 Å². The molecule has 1 aromatic rings. The number of carbonyl (C=O) groups excluding carboxylic acids is 2. The highest BCUT2D eigenvalue weighted by molar-refractivity contribution is 6.05. The number of nitrogens with zero attached hydrogens (tertiary/aromatic N) is 1. The van der Waals surface area contributed by atoms with E-state index in [1.54, 1.807) is 0 Å². The molecule has 0 saturated carbocycles. The molecule has 0 fully saturated rings. The highest BCUT2D eigenvalue weighted by atomic mass is 16.2. The summed E-state index contributed by atoms with van der Waals surface area (Å²) in [5.74, 6) is 0.124. The van der Waals surface area contributed by atoms with Crippen LogP contribution in [0, 0.1) is 0 Å². The Morgan fingerprint density at radius 3 is 2.89 bits per heavy atom. The summed E-state index contributed by atoms with van der Waals surface area (Å²) >= 11 is 0. The third-order valence-electron chi connectivity index (χ3n) is 4.04. The van der Waals surface area contributed by atoms with Crippen LogP contribution >= 0.6 is 0 Å². The van der Waals surface area contributed by atoms with Gasteiger partial charge in [0.25, 0.3) is 5.91 Å². The minimum Gasteiger partial charge on any atom is -0.350 e. The second kappa shape index (κ2) is 4.37. The zero-order valence-corrected chi connectivity index (χ0v) is 11.3. The van der Waals surface area contributed by atoms with Gasteiger partial charge in [0.15, 0.2) is 0 Å². The summed E-state index contributed by atoms with van der Waals surface area (Å²) in [5, 5.41) is 2.98. The van der Waals surface area contributed by atoms with E-state index in [1.165, 1.54) is 0 Å². The van der Waals surface area contributed by atoms with Gasteiger partial charge in [-0.25, -0.2) is 0 Å². The first-order valence-corrected chi connectivity index (χ1v) is 6.87. The molecule has 2 amide bonds. The lowest BCUT2D eigenvalue weighted by Crippen LogP contribution is -2.32. The summed E-state index contributed by atoms with van der Waals surface area (Å²) in [5.41, 5.74) is 3.89. The second-order valence-electron chi connectivity index (χ2n) is 5.40. The topological polar surface area (TPSA) is 49.4 Å². The molecule has 1 aromatic carbocycles. The summed E-state index contributed by atoms with van der Waals surface area (Å²) < 4.78 is 0. The predicted molar refractivity (Wildman–Crippen MR) is 73.4 cm³/mol. The number of anilines is 1. The Kier molecular flexibility index (Phi) is 2.81. The van der Waals surface area contributed by atoms with E-state index in [0.717, 1.165) is 36.2 Å². The maximum absolute atomic E-state index is 12.2. The molecule has 1 unspecified atom stereocenters. The molecule has 19 heavy (non-hydrogen) atoms. The first kappa shape index (κ1) is 12.2. The zero-order chi connectivity index (χ0) is 13.6. The molecule has 2 heterocycles. The van der Waals surface area contributed by atoms with Crippen molar-refractivity contribution in [3.05, 3.63) is 28.8 Å². The highest BCUT2D eigenvalue weighted by Crippen LogP contribution is 2.38. The van der Waals surface area contributed by atoms with E-state index < -0.39 is 0 Å². The monoisotopic (exact) mass is 258 g/mol. The second-order valence-corrected chi connectivity index (χ2v) is 5.40. The molecule has 0 bridgehead atoms. The third-order valence-corrected chi connectivity index (χ3v) is 4.04. The van der Waals surface area contributed by atoms with Crippen molar-refractivity contribution >= 4 is 17.5 Å². The molecule has 0 spiro atoms. The number of benzene rings is 1. The fraction of sp³-hybridized carbons (Fsp3) is 0.467. The zero-order valence-electron chi connectivity index (χ0n) is 11.3. The molecule has 2 aliphatic heterocycles. The molecule has 0 aliphatic carbocycles. The van der Waals surface area contributed by atoms with Crippen molar-refractivity contribution in [2.45, 2.75) is 39.2 Å². The van der Waals surface area contributed by atoms with E-state index >= 15 is 0 Å². The largest absolute Gasteiger partial charge is 0.350 e. The Balaban J connectivity index is 1.93. The van der Waals surface area contributed by atoms with Gasteiger partial charge in [-0.1, -0.05) is 6.92 Å². The maximum atomic E-state index is 12.2. The van der Waals surface area contributed by atoms with Crippen LogP contribution in [0.4, 0.5) is 5.69 Å². The number of hydrogen-bond donors (Lipinski definition) is 1. The number of amides is 2. The molecule has 0 aromatic heterocycles. The van der Waals surface area contributed by atoms with E-state index in [2.05, 4.69) is 5.32 Å². The molecule has 3 rings (SSSR count). The third kappa shape index (κ3) is 1.91. The quantitative estimate of drug-likeness (QED) is 0.896. The maximum Gasteiger partial charge on any atom is 0.251 e. The van der Waals surface area contributed by atoms with Crippen molar-refractivity contribution in [2.24, 2.45) is 0 Å². The summed E-state index contributed by atoms with van der Waals surface area (Å²) in [6, 6.07) is 3.99. The van der Waals surface area contributed by atoms with Gasteiger partial charge < -0.3 is 10.2 Å². The van der Waals surface area contributed by atoms with Gasteiger partial charge in [0.05, 0.1) is 12.1 Å². The fourth-order valence-electron chi connectivity index (χ4n) is 2.82. The predicted octanol–water partition coefficient (Wildman–Crippen LogP) is 1.66. The van der Waals surface area contributed by atoms with E-state index in [9.17, 15) is 9.59 Å². The van der Waals surface area contributed by atoms with E-state index in [1.807, 2.05) is 30.9 Å². The van der Waals surface area contributed by atoms with Gasteiger partial charge in [-0.3, -0.25) is 9.59 Å². The molecule has 2 aliphatic rings. The van der Waals surface area contributed by atoms with Crippen LogP contribution in [-0.2, 0) is 17.6 Å². The average Bonchev–Trinajstić information content (AvgIpc) is 2.95. The smallest absolute Gasteiger partial charge is 0.251 e. The van der Waals surface area contributed by atoms with Crippen LogP contribution in [0.2, 0.25) is 0 Å². The van der Waals surface area contributed by atoms with Gasteiger partial charge in [-0.15, -0.1) is 0 Å². The number of rotatable bonds is 3. The highest BCUT2D eigenvalue weighted by Gasteiger charge is 2.34. The lowest BCUT2D eigenvalue weighted by atomic mass is 10.0. The van der Waals surface area contributed by atoms with Crippen molar-refractivity contribution in [3.63, 3.8) is 0 Å². The molecular formula is C15H18N2O2. The lowest BCUT2D eigenvalue weighted by Gasteiger charge is -2.13. The molecule has 0 radical (unpaired) electrons. The minimum absolute atomic E-state index is 0.0359. The van der Waals surface area contributed by atoms with Gasteiger partial charge in [-0.2, -0.15) is 0 Å². The molecule has 100 valence electrons. The summed E-state index contributed by atoms with van der Waals surface area (Å²) in [6.45, 7) is 4.80. The van der Waals surface area contributed by atoms with Crippen molar-refractivity contribution in [3.8, 4) is 0 Å². The van der Waals surface area contributed by atoms with Crippen molar-refractivity contribution in [2.75, 3.05) is 11.4 Å². The first-order valence-electron chi connectivity index (χ1n) is 6.87. The van der Waals surface area contributed by atoms with E-state index in [0.29, 0.717) is 12.0 Å². The van der Waals surface area contributed by atoms with Crippen molar-refractivity contribution in [1.82, 2.24) is 5.32 Å². The van der Waals surface area contributed by atoms with E-state index in [4.69, 9.17) is 0 Å². The van der Waals surface area contributed by atoms with E-state index in [-0.39, 0.29) is 17.9 Å². The van der Waals surface area contributed by atoms with Crippen LogP contribution in [0.5, 0.6) is 0 Å². The lowest BCUT2D eigenvalue weighted by molar-refractivity contribution is -0.117. The molecule has 1 atom stereocenters. The molecule has 4 nitrogen and oxygen atoms in total. The Morgan fingerprint density at radius 2 is 2.16 bits per heavy atom. The Bertz CT molecular complexity index is 566. The van der Waals surface area contributed by atoms with Crippen LogP contribution in [0.15, 0.2) is 12.1 Å². The molecular weight excluding hydrogens is 240 g/mol. The summed E-state index contributed by atoms with van der Waals surface area (Å²) in [4.78, 5) is 25.8. The number of hydrogen-bond acceptors (Lipinski definition) is 2. The van der Waals surface area contributed by atoms with Gasteiger partial charge in [-0.05, 0) is 43.0 Å². The van der Waals surface area contributed by atoms with Crippen molar-refractivity contribution < 1.29 is 9.59 Å². The van der Waals surface area contributed by atoms with Gasteiger partial charge >= 0.3 is 0 Å². The van der Waals surface area contributed by atoms with Gasteiger partial charge in [0, 0.05) is 18.2 Å². The van der Waals surface area contributed by atoms with Crippen molar-refractivity contribution in [1.29, 1.82) is 0 Å². The van der Waals surface area contributed by atoms with Crippen LogP contribution < -0.4 is 10.2 Å². The SMILES string of the molecule is CCC(C)NC(=O)c1cc2c3c(c1)CC(=O)N3CC2. The fourth-order valence-corrected chi connectivity index (χ4v) is 2.82. The summed E-state index contributed by atoms with van der Waals surface area (Å²) in [6.07, 6.45) is 2.21. The van der Waals surface area contributed by atoms with Gasteiger partial charge in [0.1, 0.15) is 0 Å². The normalized spacial score (nSPS) is 17.6. The Morgan fingerprint density at radius 1 is 1.42 bits per heavy atom. The standard InChI is InChI=1S/C15H18N2O2/c1-3-9(2)16-15(19)12-6-10-4-5-17-13(18)8-11(7-12)14(10)17/h6-7,9H,3-5,8H2,1-2H3,(H,16,19). The molecule has 0 saturated heterocycles. The first-order chi connectivity index (χ1) is 9.10. The average molecular weight is 258 g/mol. The number of carbonyl (C=O) groups is 2. The molecule has 4 heteroatoms. The van der Waals surface area contributed by atoms with Crippen LogP contribution in [0.1, 0.15) is 41.8 Å². The molecule has 1 N–H and O–H groups in total.